The molecular weight excluding hydrogens is 476 g/mol. The molecule has 0 amide bonds. The molecule has 0 saturated carbocycles. The van der Waals surface area contributed by atoms with Crippen molar-refractivity contribution in [3.63, 3.8) is 0 Å². The average Bonchev–Trinajstić information content (AvgIpc) is 2.83. The molecule has 0 aliphatic rings. The van der Waals surface area contributed by atoms with Crippen molar-refractivity contribution < 1.29 is 4.39 Å². The van der Waals surface area contributed by atoms with E-state index in [4.69, 9.17) is 33.9 Å². The maximum Gasteiger partial charge on any atom is 0.263 e. The molecule has 0 fully saturated rings. The van der Waals surface area contributed by atoms with Gasteiger partial charge in [-0.25, -0.2) is 9.37 Å². The fourth-order valence-corrected chi connectivity index (χ4v) is 3.94. The van der Waals surface area contributed by atoms with Crippen LogP contribution >= 0.6 is 23.2 Å². The minimum Gasteiger partial charge on any atom is -0.354 e. The topological polar surface area (TPSA) is 85.8 Å². The standard InChI is InChI=1S/C25H22Cl2FN5O/c1-33-24(34)22(16-3-5-18(28)6-4-16)23(17-8-10-30-11-9-17)32-25(33)31-14-19(29)12-15-2-7-20(26)21(27)13-15/h2-11,13,19H,12,14,29H2,1H3,(H,31,32)/t19-/m0/s1. The van der Waals surface area contributed by atoms with Gasteiger partial charge in [-0.1, -0.05) is 41.4 Å². The van der Waals surface area contributed by atoms with E-state index < -0.39 is 0 Å². The first kappa shape index (κ1) is 23.9. The van der Waals surface area contributed by atoms with Crippen LogP contribution in [0.2, 0.25) is 10.0 Å². The maximum atomic E-state index is 13.5. The molecule has 174 valence electrons. The Morgan fingerprint density at radius 2 is 1.74 bits per heavy atom. The largest absolute Gasteiger partial charge is 0.354 e. The van der Waals surface area contributed by atoms with E-state index in [0.29, 0.717) is 45.8 Å². The van der Waals surface area contributed by atoms with Crippen LogP contribution in [0.4, 0.5) is 10.3 Å². The monoisotopic (exact) mass is 497 g/mol. The first-order valence-corrected chi connectivity index (χ1v) is 11.3. The second-order valence-corrected chi connectivity index (χ2v) is 8.67. The van der Waals surface area contributed by atoms with Crippen LogP contribution in [0.3, 0.4) is 0 Å². The van der Waals surface area contributed by atoms with Crippen LogP contribution in [-0.4, -0.2) is 27.1 Å². The van der Waals surface area contributed by atoms with Gasteiger partial charge in [0.2, 0.25) is 5.95 Å². The van der Waals surface area contributed by atoms with Gasteiger partial charge in [-0.05, 0) is 53.9 Å². The fourth-order valence-electron chi connectivity index (χ4n) is 3.62. The van der Waals surface area contributed by atoms with Crippen molar-refractivity contribution in [2.45, 2.75) is 12.5 Å². The molecule has 34 heavy (non-hydrogen) atoms. The highest BCUT2D eigenvalue weighted by Crippen LogP contribution is 2.29. The Morgan fingerprint density at radius 1 is 1.03 bits per heavy atom. The molecular formula is C25H22Cl2FN5O. The van der Waals surface area contributed by atoms with Crippen LogP contribution in [0.5, 0.6) is 0 Å². The van der Waals surface area contributed by atoms with Crippen molar-refractivity contribution in [2.24, 2.45) is 12.8 Å². The Kier molecular flexibility index (Phi) is 7.26. The third-order valence-electron chi connectivity index (χ3n) is 5.38. The van der Waals surface area contributed by atoms with Gasteiger partial charge in [0.05, 0.1) is 21.3 Å². The number of rotatable bonds is 7. The molecule has 0 aliphatic heterocycles. The van der Waals surface area contributed by atoms with Crippen molar-refractivity contribution in [2.75, 3.05) is 11.9 Å². The van der Waals surface area contributed by atoms with E-state index in [1.54, 1.807) is 55.8 Å². The smallest absolute Gasteiger partial charge is 0.263 e. The van der Waals surface area contributed by atoms with Crippen LogP contribution in [0, 0.1) is 5.82 Å². The number of nitrogens with one attached hydrogen (secondary N) is 1. The van der Waals surface area contributed by atoms with Crippen LogP contribution < -0.4 is 16.6 Å². The van der Waals surface area contributed by atoms with Crippen LogP contribution in [0.15, 0.2) is 71.8 Å². The summed E-state index contributed by atoms with van der Waals surface area (Å²) in [6, 6.07) is 14.5. The number of hydrogen-bond donors (Lipinski definition) is 2. The lowest BCUT2D eigenvalue weighted by Gasteiger charge is -2.18. The number of halogens is 3. The van der Waals surface area contributed by atoms with Crippen molar-refractivity contribution >= 4 is 29.2 Å². The molecule has 9 heteroatoms. The molecule has 2 heterocycles. The predicted molar refractivity (Wildman–Crippen MR) is 135 cm³/mol. The zero-order valence-corrected chi connectivity index (χ0v) is 19.8. The summed E-state index contributed by atoms with van der Waals surface area (Å²) in [5, 5.41) is 4.15. The van der Waals surface area contributed by atoms with Crippen molar-refractivity contribution in [3.05, 3.63) is 98.8 Å². The Hall–Kier alpha value is -3.26. The number of hydrogen-bond acceptors (Lipinski definition) is 5. The Bertz CT molecular complexity index is 1360. The summed E-state index contributed by atoms with van der Waals surface area (Å²) in [5.41, 5.74) is 9.14. The van der Waals surface area contributed by atoms with E-state index in [2.05, 4.69) is 10.3 Å². The van der Waals surface area contributed by atoms with Gasteiger partial charge in [0.15, 0.2) is 0 Å². The fraction of sp³-hybridized carbons (Fsp3) is 0.160. The SMILES string of the molecule is Cn1c(NC[C@@H](N)Cc2ccc(Cl)c(Cl)c2)nc(-c2ccncc2)c(-c2ccc(F)cc2)c1=O. The van der Waals surface area contributed by atoms with Gasteiger partial charge in [0.1, 0.15) is 5.82 Å². The molecule has 4 rings (SSSR count). The van der Waals surface area contributed by atoms with E-state index in [1.165, 1.54) is 16.7 Å². The third kappa shape index (κ3) is 5.28. The lowest BCUT2D eigenvalue weighted by molar-refractivity contribution is 0.628. The van der Waals surface area contributed by atoms with E-state index >= 15 is 0 Å². The lowest BCUT2D eigenvalue weighted by atomic mass is 10.0. The Balaban J connectivity index is 1.65. The molecule has 2 aromatic carbocycles. The number of benzene rings is 2. The average molecular weight is 498 g/mol. The zero-order chi connectivity index (χ0) is 24.2. The molecule has 4 aromatic rings. The first-order valence-electron chi connectivity index (χ1n) is 10.5. The zero-order valence-electron chi connectivity index (χ0n) is 18.3. The number of nitrogens with two attached hydrogens (primary N) is 1. The molecule has 1 atom stereocenters. The van der Waals surface area contributed by atoms with Crippen LogP contribution in [0.25, 0.3) is 22.4 Å². The highest BCUT2D eigenvalue weighted by atomic mass is 35.5. The predicted octanol–water partition coefficient (Wildman–Crippen LogP) is 4.94. The van der Waals surface area contributed by atoms with Crippen LogP contribution in [-0.2, 0) is 13.5 Å². The van der Waals surface area contributed by atoms with Gasteiger partial charge in [-0.3, -0.25) is 14.3 Å². The van der Waals surface area contributed by atoms with Crippen LogP contribution in [0.1, 0.15) is 5.56 Å². The third-order valence-corrected chi connectivity index (χ3v) is 6.12. The molecule has 0 radical (unpaired) electrons. The van der Waals surface area contributed by atoms with E-state index in [-0.39, 0.29) is 17.4 Å². The second-order valence-electron chi connectivity index (χ2n) is 7.86. The van der Waals surface area contributed by atoms with Crippen molar-refractivity contribution in [1.29, 1.82) is 0 Å². The first-order chi connectivity index (χ1) is 16.3. The minimum absolute atomic E-state index is 0.268. The van der Waals surface area contributed by atoms with Gasteiger partial charge in [-0.15, -0.1) is 0 Å². The number of anilines is 1. The van der Waals surface area contributed by atoms with E-state index in [9.17, 15) is 9.18 Å². The lowest BCUT2D eigenvalue weighted by Crippen LogP contribution is -2.34. The quantitative estimate of drug-likeness (QED) is 0.377. The summed E-state index contributed by atoms with van der Waals surface area (Å²) in [6.45, 7) is 0.367. The summed E-state index contributed by atoms with van der Waals surface area (Å²) >= 11 is 12.1. The Morgan fingerprint density at radius 3 is 2.41 bits per heavy atom. The van der Waals surface area contributed by atoms with Gasteiger partial charge in [-0.2, -0.15) is 0 Å². The van der Waals surface area contributed by atoms with Gasteiger partial charge >= 0.3 is 0 Å². The summed E-state index contributed by atoms with van der Waals surface area (Å²) in [7, 11) is 1.63. The second kappa shape index (κ2) is 10.3. The number of pyridine rings is 1. The molecule has 6 nitrogen and oxygen atoms in total. The Labute approximate surface area is 206 Å². The molecule has 0 aliphatic carbocycles. The highest BCUT2D eigenvalue weighted by Gasteiger charge is 2.18. The van der Waals surface area contributed by atoms with Gasteiger partial charge < -0.3 is 11.1 Å². The maximum absolute atomic E-state index is 13.5. The van der Waals surface area contributed by atoms with Gasteiger partial charge in [0.25, 0.3) is 5.56 Å². The molecule has 0 unspecified atom stereocenters. The van der Waals surface area contributed by atoms with Crippen molar-refractivity contribution in [1.82, 2.24) is 14.5 Å². The summed E-state index contributed by atoms with van der Waals surface area (Å²) in [5.74, 6) is -0.0134. The van der Waals surface area contributed by atoms with Crippen molar-refractivity contribution in [3.8, 4) is 22.4 Å². The summed E-state index contributed by atoms with van der Waals surface area (Å²) < 4.78 is 14.9. The van der Waals surface area contributed by atoms with E-state index in [1.807, 2.05) is 6.07 Å². The molecule has 0 bridgehead atoms. The highest BCUT2D eigenvalue weighted by molar-refractivity contribution is 6.42. The minimum atomic E-state index is -0.381. The summed E-state index contributed by atoms with van der Waals surface area (Å²) in [6.07, 6.45) is 3.81. The number of nitrogens with zero attached hydrogens (tertiary/aromatic N) is 3. The summed E-state index contributed by atoms with van der Waals surface area (Å²) in [4.78, 5) is 22.2. The molecule has 3 N–H and O–H groups in total. The molecule has 0 saturated heterocycles. The van der Waals surface area contributed by atoms with Gasteiger partial charge in [0, 0.05) is 37.6 Å². The number of aromatic nitrogens is 3. The molecule has 2 aromatic heterocycles. The molecule has 0 spiro atoms. The van der Waals surface area contributed by atoms with E-state index in [0.717, 1.165) is 11.1 Å². The normalized spacial score (nSPS) is 11.9.